The fraction of sp³-hybridized carbons (Fsp3) is 0.519. The highest BCUT2D eigenvalue weighted by Crippen LogP contribution is 2.28. The van der Waals surface area contributed by atoms with Crippen LogP contribution in [0.25, 0.3) is 0 Å². The molecule has 9 heteroatoms. The standard InChI is InChI=1S/C27H41N3O5S/c1-5-16-30(17-6-2,36(33,34)29-27(32)7-3)25(19-23-14-11-15-24(18-23)35-4)26(31)21-28-20-22-12-9-8-10-13-22/h8-15,18,25-26,28,31H,5-7,16-17,19-21H2,1-4H3/p+1. The van der Waals surface area contributed by atoms with E-state index in [4.69, 9.17) is 4.74 Å². The van der Waals surface area contributed by atoms with E-state index in [9.17, 15) is 18.3 Å². The van der Waals surface area contributed by atoms with Crippen molar-refractivity contribution in [1.29, 1.82) is 0 Å². The Kier molecular flexibility index (Phi) is 11.8. The molecule has 0 aliphatic rings. The number of nitrogens with one attached hydrogen (secondary N) is 2. The summed E-state index contributed by atoms with van der Waals surface area (Å²) in [6, 6.07) is 16.6. The van der Waals surface area contributed by atoms with Crippen LogP contribution >= 0.6 is 0 Å². The number of hydrogen-bond acceptors (Lipinski definition) is 6. The van der Waals surface area contributed by atoms with Crippen LogP contribution in [0.15, 0.2) is 54.6 Å². The summed E-state index contributed by atoms with van der Waals surface area (Å²) in [7, 11) is -2.58. The monoisotopic (exact) mass is 520 g/mol. The van der Waals surface area contributed by atoms with Gasteiger partial charge in [0, 0.05) is 25.9 Å². The highest BCUT2D eigenvalue weighted by molar-refractivity contribution is 7.84. The molecule has 1 amide bonds. The number of ether oxygens (including phenoxy) is 1. The minimum Gasteiger partial charge on any atom is -0.497 e. The van der Waals surface area contributed by atoms with Crippen molar-refractivity contribution in [2.24, 2.45) is 0 Å². The summed E-state index contributed by atoms with van der Waals surface area (Å²) in [6.07, 6.45) is 0.498. The maximum absolute atomic E-state index is 13.8. The zero-order valence-electron chi connectivity index (χ0n) is 21.9. The van der Waals surface area contributed by atoms with Gasteiger partial charge in [0.1, 0.15) is 17.9 Å². The Balaban J connectivity index is 2.49. The maximum atomic E-state index is 13.8. The third kappa shape index (κ3) is 7.77. The molecule has 2 rings (SSSR count). The maximum Gasteiger partial charge on any atom is 0.396 e. The largest absolute Gasteiger partial charge is 0.497 e. The van der Waals surface area contributed by atoms with Crippen LogP contribution in [0, 0.1) is 0 Å². The zero-order valence-corrected chi connectivity index (χ0v) is 22.8. The highest BCUT2D eigenvalue weighted by atomic mass is 32.2. The Hall–Kier alpha value is -2.46. The first-order valence-electron chi connectivity index (χ1n) is 12.7. The van der Waals surface area contributed by atoms with E-state index in [-0.39, 0.29) is 26.1 Å². The van der Waals surface area contributed by atoms with Crippen molar-refractivity contribution in [3.63, 3.8) is 0 Å². The van der Waals surface area contributed by atoms with Gasteiger partial charge in [0.15, 0.2) is 0 Å². The van der Waals surface area contributed by atoms with Gasteiger partial charge in [0.25, 0.3) is 0 Å². The third-order valence-electron chi connectivity index (χ3n) is 6.40. The lowest BCUT2D eigenvalue weighted by atomic mass is 9.98. The number of carbonyl (C=O) groups is 1. The number of amides is 1. The number of benzene rings is 2. The summed E-state index contributed by atoms with van der Waals surface area (Å²) in [5.41, 5.74) is 1.92. The number of hydrogen-bond donors (Lipinski definition) is 3. The summed E-state index contributed by atoms with van der Waals surface area (Å²) >= 11 is 0. The summed E-state index contributed by atoms with van der Waals surface area (Å²) in [6.45, 7) is 6.74. The predicted molar refractivity (Wildman–Crippen MR) is 143 cm³/mol. The van der Waals surface area contributed by atoms with Gasteiger partial charge in [-0.2, -0.15) is 12.3 Å². The summed E-state index contributed by atoms with van der Waals surface area (Å²) in [5, 5.41) is 14.8. The van der Waals surface area contributed by atoms with Crippen molar-refractivity contribution in [1.82, 2.24) is 10.0 Å². The molecule has 200 valence electrons. The molecule has 0 fully saturated rings. The normalized spacial score (nSPS) is 13.7. The van der Waals surface area contributed by atoms with Crippen molar-refractivity contribution in [2.75, 3.05) is 26.7 Å². The number of aliphatic hydroxyl groups is 1. The van der Waals surface area contributed by atoms with Crippen LogP contribution in [-0.4, -0.2) is 62.2 Å². The molecule has 0 saturated carbocycles. The summed E-state index contributed by atoms with van der Waals surface area (Å²) in [4.78, 5) is 12.3. The highest BCUT2D eigenvalue weighted by Gasteiger charge is 2.51. The smallest absolute Gasteiger partial charge is 0.396 e. The van der Waals surface area contributed by atoms with Gasteiger partial charge in [-0.15, -0.1) is 0 Å². The molecule has 2 aromatic carbocycles. The Morgan fingerprint density at radius 3 is 2.22 bits per heavy atom. The van der Waals surface area contributed by atoms with E-state index in [1.54, 1.807) is 14.0 Å². The Labute approximate surface area is 216 Å². The average Bonchev–Trinajstić information content (AvgIpc) is 2.87. The van der Waals surface area contributed by atoms with Gasteiger partial charge in [0.2, 0.25) is 5.91 Å². The summed E-state index contributed by atoms with van der Waals surface area (Å²) < 4.78 is 34.9. The minimum absolute atomic E-state index is 0.0548. The van der Waals surface area contributed by atoms with Crippen LogP contribution < -0.4 is 14.8 Å². The van der Waals surface area contributed by atoms with E-state index in [0.717, 1.165) is 11.1 Å². The van der Waals surface area contributed by atoms with E-state index < -0.39 is 32.2 Å². The van der Waals surface area contributed by atoms with E-state index in [0.29, 0.717) is 31.6 Å². The molecule has 0 aliphatic heterocycles. The zero-order chi connectivity index (χ0) is 26.6. The van der Waals surface area contributed by atoms with Gasteiger partial charge >= 0.3 is 10.2 Å². The number of carbonyl (C=O) groups excluding carboxylic acids is 1. The molecule has 0 aliphatic carbocycles. The number of methoxy groups -OCH3 is 1. The van der Waals surface area contributed by atoms with Crippen LogP contribution in [0.2, 0.25) is 0 Å². The molecule has 2 atom stereocenters. The van der Waals surface area contributed by atoms with Crippen molar-refractivity contribution in [3.05, 3.63) is 65.7 Å². The van der Waals surface area contributed by atoms with E-state index >= 15 is 0 Å². The van der Waals surface area contributed by atoms with Crippen LogP contribution in [0.4, 0.5) is 0 Å². The lowest BCUT2D eigenvalue weighted by molar-refractivity contribution is -0.838. The molecular weight excluding hydrogens is 478 g/mol. The molecule has 0 bridgehead atoms. The fourth-order valence-electron chi connectivity index (χ4n) is 4.68. The Bertz CT molecular complexity index is 1040. The quantitative estimate of drug-likeness (QED) is 0.294. The van der Waals surface area contributed by atoms with Crippen LogP contribution in [0.3, 0.4) is 0 Å². The first-order valence-corrected chi connectivity index (χ1v) is 14.1. The number of nitrogens with zero attached hydrogens (tertiary/aromatic N) is 1. The SMILES string of the molecule is CCC[N+](CCC)(C(Cc1cccc(OC)c1)C(O)CNCc1ccccc1)S(=O)(=O)NC(=O)CC. The van der Waals surface area contributed by atoms with Crippen LogP contribution in [0.1, 0.15) is 51.2 Å². The number of rotatable bonds is 16. The lowest BCUT2D eigenvalue weighted by Crippen LogP contribution is -2.68. The van der Waals surface area contributed by atoms with Crippen molar-refractivity contribution in [3.8, 4) is 5.75 Å². The molecule has 8 nitrogen and oxygen atoms in total. The average molecular weight is 521 g/mol. The van der Waals surface area contributed by atoms with Gasteiger partial charge in [-0.05, 0) is 36.1 Å². The lowest BCUT2D eigenvalue weighted by Gasteiger charge is -2.44. The molecule has 0 radical (unpaired) electrons. The second kappa shape index (κ2) is 14.3. The van der Waals surface area contributed by atoms with Gasteiger partial charge in [-0.25, -0.2) is 4.72 Å². The molecule has 2 aromatic rings. The minimum atomic E-state index is -4.16. The van der Waals surface area contributed by atoms with Gasteiger partial charge < -0.3 is 15.2 Å². The fourth-order valence-corrected chi connectivity index (χ4v) is 6.71. The molecule has 0 aromatic heterocycles. The van der Waals surface area contributed by atoms with Gasteiger partial charge in [-0.3, -0.25) is 4.79 Å². The molecule has 3 N–H and O–H groups in total. The topological polar surface area (TPSA) is 105 Å². The predicted octanol–water partition coefficient (Wildman–Crippen LogP) is 3.16. The first kappa shape index (κ1) is 29.8. The number of aliphatic hydroxyl groups excluding tert-OH is 1. The first-order chi connectivity index (χ1) is 17.2. The van der Waals surface area contributed by atoms with Crippen LogP contribution in [0.5, 0.6) is 5.75 Å². The molecule has 0 spiro atoms. The third-order valence-corrected chi connectivity index (χ3v) is 8.48. The van der Waals surface area contributed by atoms with Gasteiger partial charge in [0.05, 0.1) is 20.2 Å². The van der Waals surface area contributed by atoms with E-state index in [1.165, 1.54) is 0 Å². The molecule has 0 heterocycles. The molecule has 2 unspecified atom stereocenters. The van der Waals surface area contributed by atoms with Crippen LogP contribution in [-0.2, 0) is 28.0 Å². The summed E-state index contributed by atoms with van der Waals surface area (Å²) in [5.74, 6) is 0.107. The van der Waals surface area contributed by atoms with Crippen molar-refractivity contribution >= 4 is 16.1 Å². The molecule has 0 saturated heterocycles. The Morgan fingerprint density at radius 1 is 1.00 bits per heavy atom. The van der Waals surface area contributed by atoms with E-state index in [1.807, 2.05) is 68.4 Å². The van der Waals surface area contributed by atoms with Gasteiger partial charge in [-0.1, -0.05) is 63.2 Å². The Morgan fingerprint density at radius 2 is 1.64 bits per heavy atom. The molecular formula is C27H42N3O5S+. The second-order valence-electron chi connectivity index (χ2n) is 9.06. The van der Waals surface area contributed by atoms with Crippen molar-refractivity contribution < 1.29 is 26.9 Å². The van der Waals surface area contributed by atoms with E-state index in [2.05, 4.69) is 10.0 Å². The number of quaternary nitrogens is 1. The van der Waals surface area contributed by atoms with Crippen molar-refractivity contribution in [2.45, 2.75) is 65.1 Å². The molecule has 36 heavy (non-hydrogen) atoms. The second-order valence-corrected chi connectivity index (χ2v) is 10.9.